The Bertz CT molecular complexity index is 264. The summed E-state index contributed by atoms with van der Waals surface area (Å²) in [6.45, 7) is 1.85. The van der Waals surface area contributed by atoms with Gasteiger partial charge >= 0.3 is 5.97 Å². The Balaban J connectivity index is 3.83. The summed E-state index contributed by atoms with van der Waals surface area (Å²) >= 11 is 1.63. The molecule has 4 nitrogen and oxygen atoms in total. The van der Waals surface area contributed by atoms with Crippen molar-refractivity contribution in [3.63, 3.8) is 0 Å². The number of carbonyl (C=O) groups is 2. The summed E-state index contributed by atoms with van der Waals surface area (Å²) in [6.07, 6.45) is 9.69. The van der Waals surface area contributed by atoms with Crippen molar-refractivity contribution in [2.75, 3.05) is 12.0 Å². The fraction of sp³-hybridized carbons (Fsp3) is 0.455. The lowest BCUT2D eigenvalue weighted by atomic mass is 10.3. The van der Waals surface area contributed by atoms with Crippen LogP contribution in [0.1, 0.15) is 13.3 Å². The molecule has 0 fully saturated rings. The number of aldehydes is 1. The van der Waals surface area contributed by atoms with Gasteiger partial charge in [-0.25, -0.2) is 4.79 Å². The minimum atomic E-state index is -0.519. The standard InChI is InChI=1S/C11H17NO3S/c1-3-4-5-6-11(14)15-12-10(9-13)7-8-16-2/h3-6,9-10,12H,7-8H2,1-2H3/t10-/m0/s1. The molecule has 5 heteroatoms. The number of nitrogens with one attached hydrogen (secondary N) is 1. The Morgan fingerprint density at radius 2 is 2.25 bits per heavy atom. The third-order valence-electron chi connectivity index (χ3n) is 1.64. The van der Waals surface area contributed by atoms with E-state index in [0.29, 0.717) is 6.42 Å². The van der Waals surface area contributed by atoms with Crippen LogP contribution < -0.4 is 5.48 Å². The molecule has 0 saturated heterocycles. The summed E-state index contributed by atoms with van der Waals surface area (Å²) in [5, 5.41) is 0. The monoisotopic (exact) mass is 243 g/mol. The van der Waals surface area contributed by atoms with E-state index in [1.807, 2.05) is 13.2 Å². The molecular weight excluding hydrogens is 226 g/mol. The van der Waals surface area contributed by atoms with Gasteiger partial charge in [-0.3, -0.25) is 0 Å². The van der Waals surface area contributed by atoms with Crippen LogP contribution in [0.3, 0.4) is 0 Å². The van der Waals surface area contributed by atoms with Crippen molar-refractivity contribution < 1.29 is 14.4 Å². The highest BCUT2D eigenvalue weighted by Crippen LogP contribution is 1.98. The zero-order chi connectivity index (χ0) is 12.2. The number of carbonyl (C=O) groups excluding carboxylic acids is 2. The molecule has 0 radical (unpaired) electrons. The van der Waals surface area contributed by atoms with Crippen LogP contribution in [0.4, 0.5) is 0 Å². The maximum Gasteiger partial charge on any atom is 0.349 e. The summed E-state index contributed by atoms with van der Waals surface area (Å²) in [5.41, 5.74) is 2.42. The van der Waals surface area contributed by atoms with E-state index in [0.717, 1.165) is 12.0 Å². The Kier molecular flexibility index (Phi) is 9.75. The van der Waals surface area contributed by atoms with Gasteiger partial charge < -0.3 is 9.63 Å². The van der Waals surface area contributed by atoms with Crippen LogP contribution in [0.15, 0.2) is 24.3 Å². The molecule has 0 aliphatic rings. The number of hydrogen-bond acceptors (Lipinski definition) is 5. The lowest BCUT2D eigenvalue weighted by Crippen LogP contribution is -2.32. The highest BCUT2D eigenvalue weighted by Gasteiger charge is 2.07. The van der Waals surface area contributed by atoms with Crippen molar-refractivity contribution in [1.29, 1.82) is 0 Å². The van der Waals surface area contributed by atoms with E-state index >= 15 is 0 Å². The van der Waals surface area contributed by atoms with Gasteiger partial charge in [0.25, 0.3) is 0 Å². The first kappa shape index (κ1) is 14.9. The SMILES string of the molecule is CC=CC=CC(=O)ON[C@H](C=O)CCSC. The number of thioether (sulfide) groups is 1. The first-order valence-corrected chi connectivity index (χ1v) is 6.34. The molecular formula is C11H17NO3S. The van der Waals surface area contributed by atoms with E-state index in [-0.39, 0.29) is 0 Å². The largest absolute Gasteiger partial charge is 0.366 e. The van der Waals surface area contributed by atoms with E-state index in [4.69, 9.17) is 0 Å². The van der Waals surface area contributed by atoms with Gasteiger partial charge in [-0.1, -0.05) is 18.2 Å². The summed E-state index contributed by atoms with van der Waals surface area (Å²) in [7, 11) is 0. The molecule has 1 N–H and O–H groups in total. The van der Waals surface area contributed by atoms with Crippen LogP contribution in [-0.4, -0.2) is 30.3 Å². The normalized spacial score (nSPS) is 13.1. The maximum atomic E-state index is 11.1. The average Bonchev–Trinajstić information content (AvgIpc) is 2.30. The summed E-state index contributed by atoms with van der Waals surface area (Å²) in [6, 6.07) is -0.438. The van der Waals surface area contributed by atoms with Crippen molar-refractivity contribution in [2.24, 2.45) is 0 Å². The van der Waals surface area contributed by atoms with Crippen molar-refractivity contribution in [3.8, 4) is 0 Å². The van der Waals surface area contributed by atoms with E-state index in [1.165, 1.54) is 6.08 Å². The molecule has 0 saturated carbocycles. The van der Waals surface area contributed by atoms with Gasteiger partial charge in [0.05, 0.1) is 6.04 Å². The molecule has 0 heterocycles. The molecule has 1 atom stereocenters. The molecule has 90 valence electrons. The first-order valence-electron chi connectivity index (χ1n) is 4.94. The molecule has 0 rings (SSSR count). The molecule has 0 aromatic rings. The van der Waals surface area contributed by atoms with Gasteiger partial charge in [-0.2, -0.15) is 11.8 Å². The molecule has 0 aliphatic carbocycles. The van der Waals surface area contributed by atoms with Gasteiger partial charge in [0.15, 0.2) is 0 Å². The quantitative estimate of drug-likeness (QED) is 0.303. The molecule has 0 spiro atoms. The second-order valence-corrected chi connectivity index (χ2v) is 3.93. The Hall–Kier alpha value is -1.07. The second-order valence-electron chi connectivity index (χ2n) is 2.95. The summed E-state index contributed by atoms with van der Waals surface area (Å²) in [4.78, 5) is 26.4. The number of allylic oxidation sites excluding steroid dienone is 3. The lowest BCUT2D eigenvalue weighted by Gasteiger charge is -2.09. The van der Waals surface area contributed by atoms with Gasteiger partial charge in [-0.15, -0.1) is 5.48 Å². The molecule has 0 amide bonds. The van der Waals surface area contributed by atoms with Gasteiger partial charge in [0.1, 0.15) is 6.29 Å². The van der Waals surface area contributed by atoms with Crippen molar-refractivity contribution in [3.05, 3.63) is 24.3 Å². The summed E-state index contributed by atoms with van der Waals surface area (Å²) < 4.78 is 0. The smallest absolute Gasteiger partial charge is 0.349 e. The number of hydrogen-bond donors (Lipinski definition) is 1. The van der Waals surface area contributed by atoms with Crippen molar-refractivity contribution >= 4 is 24.0 Å². The van der Waals surface area contributed by atoms with E-state index in [9.17, 15) is 9.59 Å². The molecule has 0 aromatic heterocycles. The van der Waals surface area contributed by atoms with Crippen LogP contribution in [0.25, 0.3) is 0 Å². The highest BCUT2D eigenvalue weighted by molar-refractivity contribution is 7.98. The van der Waals surface area contributed by atoms with Crippen molar-refractivity contribution in [2.45, 2.75) is 19.4 Å². The van der Waals surface area contributed by atoms with Crippen LogP contribution in [-0.2, 0) is 14.4 Å². The number of hydroxylamine groups is 1. The van der Waals surface area contributed by atoms with Gasteiger partial charge in [0.2, 0.25) is 0 Å². The minimum absolute atomic E-state index is 0.438. The van der Waals surface area contributed by atoms with Crippen LogP contribution in [0.5, 0.6) is 0 Å². The third-order valence-corrected chi connectivity index (χ3v) is 2.29. The van der Waals surface area contributed by atoms with Crippen LogP contribution >= 0.6 is 11.8 Å². The fourth-order valence-electron chi connectivity index (χ4n) is 0.813. The Morgan fingerprint density at radius 1 is 1.50 bits per heavy atom. The zero-order valence-electron chi connectivity index (χ0n) is 9.51. The average molecular weight is 243 g/mol. The third kappa shape index (κ3) is 8.26. The molecule has 0 aliphatic heterocycles. The van der Waals surface area contributed by atoms with Gasteiger partial charge in [0, 0.05) is 6.08 Å². The molecule has 0 aromatic carbocycles. The molecule has 16 heavy (non-hydrogen) atoms. The molecule has 0 bridgehead atoms. The van der Waals surface area contributed by atoms with Gasteiger partial charge in [-0.05, 0) is 25.4 Å². The Labute approximate surface area is 100 Å². The first-order chi connectivity index (χ1) is 7.74. The predicted molar refractivity (Wildman–Crippen MR) is 66.0 cm³/mol. The predicted octanol–water partition coefficient (Wildman–Crippen LogP) is 1.49. The zero-order valence-corrected chi connectivity index (χ0v) is 10.3. The van der Waals surface area contributed by atoms with Crippen LogP contribution in [0, 0.1) is 0 Å². The highest BCUT2D eigenvalue weighted by atomic mass is 32.2. The van der Waals surface area contributed by atoms with Crippen molar-refractivity contribution in [1.82, 2.24) is 5.48 Å². The van der Waals surface area contributed by atoms with E-state index < -0.39 is 12.0 Å². The topological polar surface area (TPSA) is 55.4 Å². The second kappa shape index (κ2) is 10.4. The summed E-state index contributed by atoms with van der Waals surface area (Å²) in [5.74, 6) is 0.316. The number of rotatable bonds is 8. The minimum Gasteiger partial charge on any atom is -0.366 e. The lowest BCUT2D eigenvalue weighted by molar-refractivity contribution is -0.147. The van der Waals surface area contributed by atoms with E-state index in [2.05, 4.69) is 10.3 Å². The maximum absolute atomic E-state index is 11.1. The van der Waals surface area contributed by atoms with E-state index in [1.54, 1.807) is 30.0 Å². The fourth-order valence-corrected chi connectivity index (χ4v) is 1.30. The van der Waals surface area contributed by atoms with Crippen LogP contribution in [0.2, 0.25) is 0 Å². The molecule has 0 unspecified atom stereocenters. The Morgan fingerprint density at radius 3 is 2.81 bits per heavy atom.